The van der Waals surface area contributed by atoms with E-state index in [9.17, 15) is 9.90 Å². The number of aliphatic hydroxyl groups excluding tert-OH is 1. The topological polar surface area (TPSA) is 92.3 Å². The van der Waals surface area contributed by atoms with Gasteiger partial charge in [-0.2, -0.15) is 0 Å². The Labute approximate surface area is 318 Å². The zero-order chi connectivity index (χ0) is 37.1. The molecule has 8 nitrogen and oxygen atoms in total. The van der Waals surface area contributed by atoms with Crippen molar-refractivity contribution < 1.29 is 24.1 Å². The van der Waals surface area contributed by atoms with E-state index in [0.717, 1.165) is 58.6 Å². The number of ether oxygens (including phenoxy) is 3. The second kappa shape index (κ2) is 18.2. The summed E-state index contributed by atoms with van der Waals surface area (Å²) in [6.45, 7) is 6.10. The molecule has 3 N–H and O–H groups in total. The van der Waals surface area contributed by atoms with Crippen LogP contribution in [0.1, 0.15) is 66.8 Å². The number of urea groups is 1. The molecule has 1 aliphatic carbocycles. The lowest BCUT2D eigenvalue weighted by atomic mass is 9.98. The van der Waals surface area contributed by atoms with Crippen molar-refractivity contribution in [3.63, 3.8) is 0 Å². The molecule has 0 spiro atoms. The molecule has 0 unspecified atom stereocenters. The van der Waals surface area contributed by atoms with Crippen LogP contribution in [0.4, 0.5) is 10.5 Å². The molecule has 2 amide bonds. The number of benzene rings is 5. The number of carbonyl (C=O) groups excluding carboxylic acids is 1. The van der Waals surface area contributed by atoms with Gasteiger partial charge in [0, 0.05) is 43.3 Å². The Hall–Kier alpha value is -5.25. The maximum Gasteiger partial charge on any atom is 0.319 e. The van der Waals surface area contributed by atoms with E-state index in [1.807, 2.05) is 84.9 Å². The van der Waals surface area contributed by atoms with Gasteiger partial charge in [0.25, 0.3) is 0 Å². The highest BCUT2D eigenvalue weighted by atomic mass is 16.7. The number of anilines is 1. The summed E-state index contributed by atoms with van der Waals surface area (Å²) >= 11 is 0. The quantitative estimate of drug-likeness (QED) is 0.0989. The first-order chi connectivity index (χ1) is 26.5. The van der Waals surface area contributed by atoms with Crippen molar-refractivity contribution in [2.45, 2.75) is 69.8 Å². The van der Waals surface area contributed by atoms with E-state index in [0.29, 0.717) is 24.0 Å². The number of amides is 2. The van der Waals surface area contributed by atoms with Gasteiger partial charge in [0.15, 0.2) is 6.29 Å². The Morgan fingerprint density at radius 3 is 2.24 bits per heavy atom. The number of hydrogen-bond donors (Lipinski definition) is 3. The predicted octanol–water partition coefficient (Wildman–Crippen LogP) is 9.94. The molecule has 3 atom stereocenters. The molecular weight excluding hydrogens is 675 g/mol. The molecule has 7 rings (SSSR count). The van der Waals surface area contributed by atoms with Crippen molar-refractivity contribution in [3.05, 3.63) is 162 Å². The summed E-state index contributed by atoms with van der Waals surface area (Å²) < 4.78 is 19.2. The van der Waals surface area contributed by atoms with E-state index in [2.05, 4.69) is 70.6 Å². The van der Waals surface area contributed by atoms with E-state index in [1.165, 1.54) is 25.7 Å². The standard InChI is InChI=1S/C46H49N3O5/c1-2-27-49(40-11-6-7-12-40)31-43-29-44(36-17-15-33(32-50)16-18-36)54-45(53-43)37-21-19-35(20-22-37)38-10-8-9-34(28-38)30-47-46(51)48-39-23-25-42(26-24-39)52-41-13-4-3-5-14-41/h2-5,8-10,13-26,28,40,43-45,50H,1,6-7,11-12,27,29-32H2,(H2,47,48,51)/t43-,44+,45+/m1/s1. The first-order valence-corrected chi connectivity index (χ1v) is 19.0. The largest absolute Gasteiger partial charge is 0.457 e. The van der Waals surface area contributed by atoms with Gasteiger partial charge in [0.2, 0.25) is 0 Å². The fourth-order valence-electron chi connectivity index (χ4n) is 7.38. The lowest BCUT2D eigenvalue weighted by molar-refractivity contribution is -0.253. The van der Waals surface area contributed by atoms with Gasteiger partial charge < -0.3 is 30.0 Å². The summed E-state index contributed by atoms with van der Waals surface area (Å²) in [4.78, 5) is 15.3. The molecule has 0 radical (unpaired) electrons. The van der Waals surface area contributed by atoms with Crippen LogP contribution in [0.3, 0.4) is 0 Å². The average molecular weight is 724 g/mol. The molecule has 0 aromatic heterocycles. The first kappa shape index (κ1) is 37.1. The van der Waals surface area contributed by atoms with Crippen molar-refractivity contribution in [2.24, 2.45) is 0 Å². The van der Waals surface area contributed by atoms with Gasteiger partial charge in [-0.25, -0.2) is 4.79 Å². The monoisotopic (exact) mass is 723 g/mol. The van der Waals surface area contributed by atoms with Crippen molar-refractivity contribution in [2.75, 3.05) is 18.4 Å². The van der Waals surface area contributed by atoms with Crippen molar-refractivity contribution in [3.8, 4) is 22.6 Å². The molecule has 1 saturated heterocycles. The number of hydrogen-bond acceptors (Lipinski definition) is 6. The van der Waals surface area contributed by atoms with Crippen LogP contribution in [0, 0.1) is 0 Å². The third-order valence-electron chi connectivity index (χ3n) is 10.2. The third kappa shape index (κ3) is 9.83. The Morgan fingerprint density at radius 1 is 0.796 bits per heavy atom. The van der Waals surface area contributed by atoms with E-state index in [4.69, 9.17) is 14.2 Å². The second-order valence-electron chi connectivity index (χ2n) is 14.1. The Morgan fingerprint density at radius 2 is 1.52 bits per heavy atom. The number of carbonyl (C=O) groups is 1. The fourth-order valence-corrected chi connectivity index (χ4v) is 7.38. The van der Waals surface area contributed by atoms with E-state index < -0.39 is 6.29 Å². The normalized spacial score (nSPS) is 18.7. The van der Waals surface area contributed by atoms with Crippen LogP contribution < -0.4 is 15.4 Å². The molecule has 1 aliphatic heterocycles. The first-order valence-electron chi connectivity index (χ1n) is 19.0. The van der Waals surface area contributed by atoms with Crippen molar-refractivity contribution in [1.29, 1.82) is 0 Å². The van der Waals surface area contributed by atoms with Gasteiger partial charge in [-0.05, 0) is 83.1 Å². The molecule has 2 aliphatic rings. The fraction of sp³-hybridized carbons (Fsp3) is 0.283. The molecule has 0 bridgehead atoms. The highest BCUT2D eigenvalue weighted by molar-refractivity contribution is 5.89. The van der Waals surface area contributed by atoms with E-state index in [-0.39, 0.29) is 24.8 Å². The van der Waals surface area contributed by atoms with Gasteiger partial charge in [-0.15, -0.1) is 6.58 Å². The van der Waals surface area contributed by atoms with Crippen molar-refractivity contribution >= 4 is 11.7 Å². The Bertz CT molecular complexity index is 1940. The lowest BCUT2D eigenvalue weighted by Gasteiger charge is -2.39. The maximum atomic E-state index is 12.7. The van der Waals surface area contributed by atoms with E-state index in [1.54, 1.807) is 0 Å². The van der Waals surface area contributed by atoms with Crippen LogP contribution in [0.15, 0.2) is 140 Å². The molecular formula is C46H49N3O5. The SMILES string of the molecule is C=CCN(C[C@H]1C[C@@H](c2ccc(CO)cc2)O[C@@H](c2ccc(-c3cccc(CNC(=O)Nc4ccc(Oc5ccccc5)cc4)c3)cc2)O1)C1CCCC1. The highest BCUT2D eigenvalue weighted by Gasteiger charge is 2.34. The molecule has 54 heavy (non-hydrogen) atoms. The van der Waals surface area contributed by atoms with Crippen LogP contribution in [0.5, 0.6) is 11.5 Å². The average Bonchev–Trinajstić information content (AvgIpc) is 3.77. The second-order valence-corrected chi connectivity index (χ2v) is 14.1. The summed E-state index contributed by atoms with van der Waals surface area (Å²) in [7, 11) is 0. The van der Waals surface area contributed by atoms with Gasteiger partial charge in [0.1, 0.15) is 11.5 Å². The Kier molecular flexibility index (Phi) is 12.5. The minimum Gasteiger partial charge on any atom is -0.457 e. The summed E-state index contributed by atoms with van der Waals surface area (Å²) in [6, 6.07) is 41.7. The number of nitrogens with zero attached hydrogens (tertiary/aromatic N) is 1. The number of nitrogens with one attached hydrogen (secondary N) is 2. The molecule has 2 fully saturated rings. The summed E-state index contributed by atoms with van der Waals surface area (Å²) in [5, 5.41) is 15.5. The summed E-state index contributed by atoms with van der Waals surface area (Å²) in [5.74, 6) is 1.45. The van der Waals surface area contributed by atoms with Crippen LogP contribution in [0.25, 0.3) is 11.1 Å². The number of aliphatic hydroxyl groups is 1. The number of para-hydroxylation sites is 1. The minimum absolute atomic E-state index is 0.0131. The van der Waals surface area contributed by atoms with E-state index >= 15 is 0 Å². The molecule has 8 heteroatoms. The van der Waals surface area contributed by atoms with Crippen LogP contribution >= 0.6 is 0 Å². The van der Waals surface area contributed by atoms with Gasteiger partial charge in [-0.1, -0.05) is 104 Å². The molecule has 5 aromatic rings. The highest BCUT2D eigenvalue weighted by Crippen LogP contribution is 2.39. The zero-order valence-electron chi connectivity index (χ0n) is 30.6. The molecule has 278 valence electrons. The van der Waals surface area contributed by atoms with Crippen LogP contribution in [-0.2, 0) is 22.6 Å². The Balaban J connectivity index is 0.983. The predicted molar refractivity (Wildman–Crippen MR) is 213 cm³/mol. The third-order valence-corrected chi connectivity index (χ3v) is 10.2. The number of rotatable bonds is 14. The van der Waals surface area contributed by atoms with Crippen LogP contribution in [0.2, 0.25) is 0 Å². The summed E-state index contributed by atoms with van der Waals surface area (Å²) in [5.41, 5.74) is 6.71. The zero-order valence-corrected chi connectivity index (χ0v) is 30.6. The van der Waals surface area contributed by atoms with Crippen LogP contribution in [-0.4, -0.2) is 41.3 Å². The van der Waals surface area contributed by atoms with Crippen molar-refractivity contribution in [1.82, 2.24) is 10.2 Å². The summed E-state index contributed by atoms with van der Waals surface area (Å²) in [6.07, 6.45) is 7.08. The van der Waals surface area contributed by atoms with Gasteiger partial charge in [-0.3, -0.25) is 4.90 Å². The lowest BCUT2D eigenvalue weighted by Crippen LogP contribution is -2.43. The maximum absolute atomic E-state index is 12.7. The molecule has 5 aromatic carbocycles. The molecule has 1 saturated carbocycles. The minimum atomic E-state index is -0.517. The smallest absolute Gasteiger partial charge is 0.319 e. The van der Waals surface area contributed by atoms with Gasteiger partial charge >= 0.3 is 6.03 Å². The van der Waals surface area contributed by atoms with Gasteiger partial charge in [0.05, 0.1) is 18.8 Å². The molecule has 1 heterocycles.